The quantitative estimate of drug-likeness (QED) is 0.777. The van der Waals surface area contributed by atoms with Crippen LogP contribution < -0.4 is 5.32 Å². The molecule has 0 aliphatic carbocycles. The molecule has 0 spiro atoms. The topological polar surface area (TPSA) is 49.2 Å². The first kappa shape index (κ1) is 15.4. The maximum Gasteiger partial charge on any atom is 0.0964 e. The fourth-order valence-corrected chi connectivity index (χ4v) is 2.93. The molecular formula is C14H28N6. The molecule has 20 heavy (non-hydrogen) atoms. The normalized spacial score (nSPS) is 23.9. The summed E-state index contributed by atoms with van der Waals surface area (Å²) in [7, 11) is 4.35. The number of nitrogens with one attached hydrogen (secondary N) is 1. The first-order valence-corrected chi connectivity index (χ1v) is 7.58. The smallest absolute Gasteiger partial charge is 0.0964 e. The van der Waals surface area contributed by atoms with Crippen molar-refractivity contribution in [3.8, 4) is 0 Å². The molecule has 2 unspecified atom stereocenters. The molecule has 2 heterocycles. The summed E-state index contributed by atoms with van der Waals surface area (Å²) in [4.78, 5) is 4.87. The Labute approximate surface area is 122 Å². The van der Waals surface area contributed by atoms with Gasteiger partial charge in [0.25, 0.3) is 0 Å². The van der Waals surface area contributed by atoms with Gasteiger partial charge >= 0.3 is 0 Å². The van der Waals surface area contributed by atoms with Crippen molar-refractivity contribution in [2.45, 2.75) is 33.0 Å². The molecule has 1 aliphatic heterocycles. The second-order valence-electron chi connectivity index (χ2n) is 6.02. The molecule has 0 amide bonds. The Morgan fingerprint density at radius 1 is 1.35 bits per heavy atom. The second-order valence-corrected chi connectivity index (χ2v) is 6.02. The van der Waals surface area contributed by atoms with E-state index in [2.05, 4.69) is 53.4 Å². The Morgan fingerprint density at radius 2 is 2.15 bits per heavy atom. The van der Waals surface area contributed by atoms with Gasteiger partial charge in [-0.25, -0.2) is 0 Å². The molecule has 6 heteroatoms. The monoisotopic (exact) mass is 280 g/mol. The van der Waals surface area contributed by atoms with E-state index in [4.69, 9.17) is 0 Å². The van der Waals surface area contributed by atoms with Crippen LogP contribution >= 0.6 is 0 Å². The number of rotatable bonds is 7. The lowest BCUT2D eigenvalue weighted by Crippen LogP contribution is -2.34. The molecule has 0 radical (unpaired) electrons. The van der Waals surface area contributed by atoms with Crippen molar-refractivity contribution in [3.63, 3.8) is 0 Å². The first-order chi connectivity index (χ1) is 9.60. The van der Waals surface area contributed by atoms with Crippen LogP contribution in [0.5, 0.6) is 0 Å². The van der Waals surface area contributed by atoms with Gasteiger partial charge < -0.3 is 10.2 Å². The minimum Gasteiger partial charge on any atom is -0.311 e. The van der Waals surface area contributed by atoms with Crippen LogP contribution in [0.15, 0.2) is 6.20 Å². The number of likely N-dealkylation sites (tertiary alicyclic amines) is 1. The summed E-state index contributed by atoms with van der Waals surface area (Å²) in [5, 5.41) is 11.6. The summed E-state index contributed by atoms with van der Waals surface area (Å²) >= 11 is 0. The van der Waals surface area contributed by atoms with Crippen LogP contribution in [-0.2, 0) is 13.1 Å². The lowest BCUT2D eigenvalue weighted by Gasteiger charge is -2.22. The van der Waals surface area contributed by atoms with Crippen LogP contribution in [0.25, 0.3) is 0 Å². The van der Waals surface area contributed by atoms with E-state index in [0.29, 0.717) is 6.04 Å². The Hall–Kier alpha value is -0.980. The summed E-state index contributed by atoms with van der Waals surface area (Å²) in [5.74, 6) is 0.741. The third-order valence-electron chi connectivity index (χ3n) is 4.10. The van der Waals surface area contributed by atoms with E-state index < -0.39 is 0 Å². The summed E-state index contributed by atoms with van der Waals surface area (Å²) < 4.78 is 1.96. The van der Waals surface area contributed by atoms with Gasteiger partial charge in [-0.2, -0.15) is 0 Å². The van der Waals surface area contributed by atoms with E-state index >= 15 is 0 Å². The maximum atomic E-state index is 4.19. The van der Waals surface area contributed by atoms with Crippen LogP contribution in [-0.4, -0.2) is 71.1 Å². The molecule has 0 saturated carbocycles. The summed E-state index contributed by atoms with van der Waals surface area (Å²) in [6.45, 7) is 10.5. The van der Waals surface area contributed by atoms with Crippen molar-refractivity contribution in [1.29, 1.82) is 0 Å². The molecule has 1 aliphatic rings. The van der Waals surface area contributed by atoms with E-state index in [-0.39, 0.29) is 0 Å². The van der Waals surface area contributed by atoms with Crippen LogP contribution in [0.3, 0.4) is 0 Å². The standard InChI is InChI=1S/C14H28N6/c1-5-15-8-13-10-20(17-16-13)7-6-19-9-12(2)14(11-19)18(3)4/h10,12,14-15H,5-9,11H2,1-4H3. The molecule has 6 nitrogen and oxygen atoms in total. The fraction of sp³-hybridized carbons (Fsp3) is 0.857. The number of hydrogen-bond donors (Lipinski definition) is 1. The molecule has 1 aromatic rings. The van der Waals surface area contributed by atoms with Crippen LogP contribution in [0, 0.1) is 5.92 Å². The van der Waals surface area contributed by atoms with Crippen LogP contribution in [0.2, 0.25) is 0 Å². The highest BCUT2D eigenvalue weighted by molar-refractivity contribution is 4.92. The van der Waals surface area contributed by atoms with Gasteiger partial charge in [-0.1, -0.05) is 19.1 Å². The largest absolute Gasteiger partial charge is 0.311 e. The number of aromatic nitrogens is 3. The highest BCUT2D eigenvalue weighted by Gasteiger charge is 2.30. The Kier molecular flexibility index (Phi) is 5.51. The van der Waals surface area contributed by atoms with Gasteiger partial charge in [-0.05, 0) is 26.6 Å². The van der Waals surface area contributed by atoms with Crippen molar-refractivity contribution < 1.29 is 0 Å². The predicted octanol–water partition coefficient (Wildman–Crippen LogP) is 0.270. The number of nitrogens with zero attached hydrogens (tertiary/aromatic N) is 5. The number of hydrogen-bond acceptors (Lipinski definition) is 5. The van der Waals surface area contributed by atoms with Crippen LogP contribution in [0.1, 0.15) is 19.5 Å². The van der Waals surface area contributed by atoms with E-state index in [1.54, 1.807) is 0 Å². The molecule has 1 saturated heterocycles. The third kappa shape index (κ3) is 4.01. The molecule has 0 bridgehead atoms. The van der Waals surface area contributed by atoms with Crippen molar-refractivity contribution in [3.05, 3.63) is 11.9 Å². The Balaban J connectivity index is 1.77. The van der Waals surface area contributed by atoms with Gasteiger partial charge in [0.15, 0.2) is 0 Å². The van der Waals surface area contributed by atoms with E-state index in [1.165, 1.54) is 6.54 Å². The van der Waals surface area contributed by atoms with Gasteiger partial charge in [0.2, 0.25) is 0 Å². The molecule has 2 rings (SSSR count). The summed E-state index contributed by atoms with van der Waals surface area (Å²) in [5.41, 5.74) is 1.02. The Morgan fingerprint density at radius 3 is 2.80 bits per heavy atom. The minimum atomic E-state index is 0.676. The van der Waals surface area contributed by atoms with E-state index in [1.807, 2.05) is 10.9 Å². The lowest BCUT2D eigenvalue weighted by atomic mass is 10.1. The third-order valence-corrected chi connectivity index (χ3v) is 4.10. The van der Waals surface area contributed by atoms with Crippen molar-refractivity contribution >= 4 is 0 Å². The average molecular weight is 280 g/mol. The zero-order valence-corrected chi connectivity index (χ0v) is 13.2. The zero-order chi connectivity index (χ0) is 14.5. The highest BCUT2D eigenvalue weighted by atomic mass is 15.4. The molecule has 0 aromatic carbocycles. The van der Waals surface area contributed by atoms with Gasteiger partial charge in [-0.15, -0.1) is 5.10 Å². The predicted molar refractivity (Wildman–Crippen MR) is 80.5 cm³/mol. The lowest BCUT2D eigenvalue weighted by molar-refractivity contribution is 0.248. The van der Waals surface area contributed by atoms with E-state index in [0.717, 1.165) is 44.3 Å². The number of likely N-dealkylation sites (N-methyl/N-ethyl adjacent to an activating group) is 1. The summed E-state index contributed by atoms with van der Waals surface area (Å²) in [6, 6.07) is 0.676. The molecular weight excluding hydrogens is 252 g/mol. The van der Waals surface area contributed by atoms with Gasteiger partial charge in [0.05, 0.1) is 12.2 Å². The molecule has 1 fully saturated rings. The molecule has 1 N–H and O–H groups in total. The SMILES string of the molecule is CCNCc1cn(CCN2CC(C)C(N(C)C)C2)nn1. The molecule has 114 valence electrons. The molecule has 2 atom stereocenters. The van der Waals surface area contributed by atoms with Crippen LogP contribution in [0.4, 0.5) is 0 Å². The minimum absolute atomic E-state index is 0.676. The second kappa shape index (κ2) is 7.15. The maximum absolute atomic E-state index is 4.19. The van der Waals surface area contributed by atoms with E-state index in [9.17, 15) is 0 Å². The van der Waals surface area contributed by atoms with Gasteiger partial charge in [0, 0.05) is 38.4 Å². The highest BCUT2D eigenvalue weighted by Crippen LogP contribution is 2.19. The average Bonchev–Trinajstić information content (AvgIpc) is 3.00. The molecule has 1 aromatic heterocycles. The van der Waals surface area contributed by atoms with Gasteiger partial charge in [-0.3, -0.25) is 9.58 Å². The Bertz CT molecular complexity index is 402. The van der Waals surface area contributed by atoms with Crippen molar-refractivity contribution in [2.75, 3.05) is 40.3 Å². The van der Waals surface area contributed by atoms with Crippen molar-refractivity contribution in [2.24, 2.45) is 5.92 Å². The fourth-order valence-electron chi connectivity index (χ4n) is 2.93. The summed E-state index contributed by atoms with van der Waals surface area (Å²) in [6.07, 6.45) is 2.05. The first-order valence-electron chi connectivity index (χ1n) is 7.58. The van der Waals surface area contributed by atoms with Gasteiger partial charge in [0.1, 0.15) is 0 Å². The van der Waals surface area contributed by atoms with Crippen molar-refractivity contribution in [1.82, 2.24) is 30.1 Å². The zero-order valence-electron chi connectivity index (χ0n) is 13.2.